The summed E-state index contributed by atoms with van der Waals surface area (Å²) in [6.45, 7) is 2.99. The van der Waals surface area contributed by atoms with Crippen LogP contribution in [0.25, 0.3) is 0 Å². The molecule has 2 heterocycles. The van der Waals surface area contributed by atoms with E-state index in [-0.39, 0.29) is 11.7 Å². The zero-order chi connectivity index (χ0) is 14.4. The minimum atomic E-state index is 0.0989. The number of morpholine rings is 1. The molecule has 0 unspecified atom stereocenters. The van der Waals surface area contributed by atoms with E-state index in [4.69, 9.17) is 15.2 Å². The fourth-order valence-corrected chi connectivity index (χ4v) is 1.97. The third-order valence-electron chi connectivity index (χ3n) is 3.03. The van der Waals surface area contributed by atoms with Crippen molar-refractivity contribution < 1.29 is 14.3 Å². The minimum Gasteiger partial charge on any atom is -0.490 e. The minimum absolute atomic E-state index is 0.0989. The molecule has 110 valence electrons. The lowest BCUT2D eigenvalue weighted by atomic mass is 10.3. The number of hydrogen-bond donors (Lipinski definition) is 2. The third kappa shape index (κ3) is 3.47. The molecular weight excluding hydrogens is 262 g/mol. The van der Waals surface area contributed by atoms with E-state index in [9.17, 15) is 4.79 Å². The molecule has 0 atom stereocenters. The highest BCUT2D eigenvalue weighted by atomic mass is 16.5. The Hall–Kier alpha value is -2.09. The SMILES string of the molecule is COc1c(N)ncnc1NCCC(=O)N1CCOCC1. The van der Waals surface area contributed by atoms with Crippen molar-refractivity contribution in [3.63, 3.8) is 0 Å². The van der Waals surface area contributed by atoms with E-state index in [2.05, 4.69) is 15.3 Å². The first-order chi connectivity index (χ1) is 9.72. The van der Waals surface area contributed by atoms with Gasteiger partial charge in [0.25, 0.3) is 0 Å². The molecule has 1 aromatic rings. The van der Waals surface area contributed by atoms with Crippen molar-refractivity contribution in [2.75, 3.05) is 51.0 Å². The number of nitrogens with one attached hydrogen (secondary N) is 1. The van der Waals surface area contributed by atoms with E-state index in [0.717, 1.165) is 0 Å². The Kier molecular flexibility index (Phi) is 4.94. The van der Waals surface area contributed by atoms with Gasteiger partial charge in [-0.05, 0) is 0 Å². The molecule has 1 amide bonds. The van der Waals surface area contributed by atoms with Gasteiger partial charge < -0.3 is 25.4 Å². The summed E-state index contributed by atoms with van der Waals surface area (Å²) in [6, 6.07) is 0. The fourth-order valence-electron chi connectivity index (χ4n) is 1.97. The zero-order valence-corrected chi connectivity index (χ0v) is 11.5. The number of ether oxygens (including phenoxy) is 2. The third-order valence-corrected chi connectivity index (χ3v) is 3.03. The lowest BCUT2D eigenvalue weighted by Gasteiger charge is -2.26. The molecule has 2 rings (SSSR count). The molecular formula is C12H19N5O3. The number of hydrogen-bond acceptors (Lipinski definition) is 7. The second-order valence-corrected chi connectivity index (χ2v) is 4.31. The van der Waals surface area contributed by atoms with Gasteiger partial charge in [0.15, 0.2) is 11.6 Å². The van der Waals surface area contributed by atoms with E-state index in [0.29, 0.717) is 50.8 Å². The number of amides is 1. The highest BCUT2D eigenvalue weighted by Gasteiger charge is 2.16. The largest absolute Gasteiger partial charge is 0.490 e. The van der Waals surface area contributed by atoms with E-state index in [1.807, 2.05) is 0 Å². The Labute approximate surface area is 117 Å². The van der Waals surface area contributed by atoms with Crippen molar-refractivity contribution in [3.8, 4) is 5.75 Å². The topological polar surface area (TPSA) is 103 Å². The molecule has 0 aliphatic carbocycles. The van der Waals surface area contributed by atoms with Gasteiger partial charge in [-0.15, -0.1) is 0 Å². The molecule has 1 saturated heterocycles. The number of anilines is 2. The number of nitrogens with zero attached hydrogens (tertiary/aromatic N) is 3. The monoisotopic (exact) mass is 281 g/mol. The standard InChI is InChI=1S/C12H19N5O3/c1-19-10-11(13)15-8-16-12(10)14-3-2-9(18)17-4-6-20-7-5-17/h8H,2-7H2,1H3,(H3,13,14,15,16). The van der Waals surface area contributed by atoms with Crippen LogP contribution >= 0.6 is 0 Å². The van der Waals surface area contributed by atoms with Gasteiger partial charge in [0.05, 0.1) is 20.3 Å². The van der Waals surface area contributed by atoms with Gasteiger partial charge in [-0.25, -0.2) is 9.97 Å². The van der Waals surface area contributed by atoms with Crippen molar-refractivity contribution in [2.24, 2.45) is 0 Å². The summed E-state index contributed by atoms with van der Waals surface area (Å²) in [5.74, 6) is 1.26. The Morgan fingerprint density at radius 1 is 1.50 bits per heavy atom. The Morgan fingerprint density at radius 3 is 2.95 bits per heavy atom. The molecule has 0 aromatic carbocycles. The molecule has 3 N–H and O–H groups in total. The highest BCUT2D eigenvalue weighted by molar-refractivity contribution is 5.77. The number of methoxy groups -OCH3 is 1. The van der Waals surface area contributed by atoms with Crippen LogP contribution in [0.3, 0.4) is 0 Å². The van der Waals surface area contributed by atoms with E-state index >= 15 is 0 Å². The summed E-state index contributed by atoms with van der Waals surface area (Å²) in [6.07, 6.45) is 1.73. The smallest absolute Gasteiger partial charge is 0.224 e. The molecule has 0 bridgehead atoms. The molecule has 8 heteroatoms. The van der Waals surface area contributed by atoms with Crippen LogP contribution < -0.4 is 15.8 Å². The van der Waals surface area contributed by atoms with Crippen LogP contribution in [0.1, 0.15) is 6.42 Å². The summed E-state index contributed by atoms with van der Waals surface area (Å²) in [7, 11) is 1.50. The summed E-state index contributed by atoms with van der Waals surface area (Å²) in [5.41, 5.74) is 5.68. The maximum atomic E-state index is 12.0. The van der Waals surface area contributed by atoms with Gasteiger partial charge in [0, 0.05) is 26.1 Å². The second-order valence-electron chi connectivity index (χ2n) is 4.31. The summed E-state index contributed by atoms with van der Waals surface area (Å²) in [5, 5.41) is 3.04. The van der Waals surface area contributed by atoms with Crippen LogP contribution in [0.5, 0.6) is 5.75 Å². The zero-order valence-electron chi connectivity index (χ0n) is 11.5. The molecule has 0 radical (unpaired) electrons. The van der Waals surface area contributed by atoms with Gasteiger partial charge in [-0.3, -0.25) is 4.79 Å². The number of rotatable bonds is 5. The first kappa shape index (κ1) is 14.3. The van der Waals surface area contributed by atoms with Crippen LogP contribution in [0.2, 0.25) is 0 Å². The van der Waals surface area contributed by atoms with Gasteiger partial charge in [-0.1, -0.05) is 0 Å². The van der Waals surface area contributed by atoms with Crippen molar-refractivity contribution in [3.05, 3.63) is 6.33 Å². The van der Waals surface area contributed by atoms with Crippen molar-refractivity contribution in [1.82, 2.24) is 14.9 Å². The molecule has 8 nitrogen and oxygen atoms in total. The van der Waals surface area contributed by atoms with Crippen molar-refractivity contribution in [2.45, 2.75) is 6.42 Å². The Balaban J connectivity index is 1.83. The normalized spacial score (nSPS) is 14.9. The van der Waals surface area contributed by atoms with Crippen molar-refractivity contribution >= 4 is 17.5 Å². The molecule has 1 aromatic heterocycles. The quantitative estimate of drug-likeness (QED) is 0.765. The number of carbonyl (C=O) groups is 1. The number of nitrogen functional groups attached to an aromatic ring is 1. The summed E-state index contributed by atoms with van der Waals surface area (Å²) < 4.78 is 10.3. The molecule has 0 saturated carbocycles. The highest BCUT2D eigenvalue weighted by Crippen LogP contribution is 2.25. The average molecular weight is 281 g/mol. The van der Waals surface area contributed by atoms with Gasteiger partial charge in [0.1, 0.15) is 6.33 Å². The fraction of sp³-hybridized carbons (Fsp3) is 0.583. The maximum Gasteiger partial charge on any atom is 0.224 e. The predicted octanol–water partition coefficient (Wildman–Crippen LogP) is -0.272. The molecule has 20 heavy (non-hydrogen) atoms. The predicted molar refractivity (Wildman–Crippen MR) is 73.5 cm³/mol. The summed E-state index contributed by atoms with van der Waals surface area (Å²) in [4.78, 5) is 21.6. The molecule has 1 fully saturated rings. The van der Waals surface area contributed by atoms with Gasteiger partial charge >= 0.3 is 0 Å². The van der Waals surface area contributed by atoms with Gasteiger partial charge in [-0.2, -0.15) is 0 Å². The number of nitrogens with two attached hydrogens (primary N) is 1. The van der Waals surface area contributed by atoms with Crippen LogP contribution in [0.15, 0.2) is 6.33 Å². The first-order valence-corrected chi connectivity index (χ1v) is 6.46. The van der Waals surface area contributed by atoms with Gasteiger partial charge in [0.2, 0.25) is 11.7 Å². The first-order valence-electron chi connectivity index (χ1n) is 6.46. The number of carbonyl (C=O) groups excluding carboxylic acids is 1. The van der Waals surface area contributed by atoms with E-state index in [1.165, 1.54) is 13.4 Å². The van der Waals surface area contributed by atoms with Crippen LogP contribution in [-0.2, 0) is 9.53 Å². The van der Waals surface area contributed by atoms with E-state index < -0.39 is 0 Å². The molecule has 0 spiro atoms. The lowest BCUT2D eigenvalue weighted by Crippen LogP contribution is -2.41. The van der Waals surface area contributed by atoms with Crippen LogP contribution in [0, 0.1) is 0 Å². The molecule has 1 aliphatic heterocycles. The second kappa shape index (κ2) is 6.90. The lowest BCUT2D eigenvalue weighted by molar-refractivity contribution is -0.134. The average Bonchev–Trinajstić information content (AvgIpc) is 2.48. The Morgan fingerprint density at radius 2 is 2.25 bits per heavy atom. The maximum absolute atomic E-state index is 12.0. The van der Waals surface area contributed by atoms with Crippen LogP contribution in [-0.4, -0.2) is 60.7 Å². The number of aromatic nitrogens is 2. The molecule has 1 aliphatic rings. The van der Waals surface area contributed by atoms with Crippen LogP contribution in [0.4, 0.5) is 11.6 Å². The van der Waals surface area contributed by atoms with E-state index in [1.54, 1.807) is 4.90 Å². The Bertz CT molecular complexity index is 462. The summed E-state index contributed by atoms with van der Waals surface area (Å²) >= 11 is 0. The van der Waals surface area contributed by atoms with Crippen molar-refractivity contribution in [1.29, 1.82) is 0 Å².